The SMILES string of the molecule is CCOCc1nc(-c2ccccc2)c(-c2ccccc2)n1CC(C)(C)O. The van der Waals surface area contributed by atoms with Crippen molar-refractivity contribution in [2.45, 2.75) is 39.5 Å². The van der Waals surface area contributed by atoms with E-state index in [1.807, 2.05) is 57.2 Å². The lowest BCUT2D eigenvalue weighted by Crippen LogP contribution is -2.27. The predicted molar refractivity (Wildman–Crippen MR) is 105 cm³/mol. The molecule has 3 rings (SSSR count). The minimum atomic E-state index is -0.862. The Kier molecular flexibility index (Phi) is 5.55. The van der Waals surface area contributed by atoms with E-state index in [9.17, 15) is 5.11 Å². The standard InChI is InChI=1S/C22H26N2O2/c1-4-26-15-19-23-20(17-11-7-5-8-12-17)21(18-13-9-6-10-14-18)24(19)16-22(2,3)25/h5-14,25H,4,15-16H2,1-3H3. The molecule has 0 spiro atoms. The summed E-state index contributed by atoms with van der Waals surface area (Å²) in [5, 5.41) is 10.5. The molecule has 3 aromatic rings. The summed E-state index contributed by atoms with van der Waals surface area (Å²) in [6.07, 6.45) is 0. The minimum absolute atomic E-state index is 0.416. The van der Waals surface area contributed by atoms with Crippen molar-refractivity contribution in [1.82, 2.24) is 9.55 Å². The summed E-state index contributed by atoms with van der Waals surface area (Å²) >= 11 is 0. The summed E-state index contributed by atoms with van der Waals surface area (Å²) in [6, 6.07) is 20.4. The number of nitrogens with zero attached hydrogens (tertiary/aromatic N) is 2. The molecular weight excluding hydrogens is 324 g/mol. The predicted octanol–water partition coefficient (Wildman–Crippen LogP) is 4.52. The highest BCUT2D eigenvalue weighted by atomic mass is 16.5. The van der Waals surface area contributed by atoms with Crippen molar-refractivity contribution < 1.29 is 9.84 Å². The third kappa shape index (κ3) is 4.21. The second-order valence-corrected chi connectivity index (χ2v) is 6.99. The van der Waals surface area contributed by atoms with E-state index in [1.54, 1.807) is 0 Å². The number of benzene rings is 2. The van der Waals surface area contributed by atoms with E-state index in [-0.39, 0.29) is 0 Å². The van der Waals surface area contributed by atoms with Crippen LogP contribution in [-0.2, 0) is 17.9 Å². The van der Waals surface area contributed by atoms with Crippen molar-refractivity contribution in [3.05, 3.63) is 66.5 Å². The molecule has 0 fully saturated rings. The fraction of sp³-hybridized carbons (Fsp3) is 0.318. The van der Waals surface area contributed by atoms with Crippen LogP contribution in [0.25, 0.3) is 22.5 Å². The maximum absolute atomic E-state index is 10.5. The van der Waals surface area contributed by atoms with Crippen LogP contribution in [0.4, 0.5) is 0 Å². The van der Waals surface area contributed by atoms with E-state index >= 15 is 0 Å². The maximum atomic E-state index is 10.5. The van der Waals surface area contributed by atoms with Crippen molar-refractivity contribution in [1.29, 1.82) is 0 Å². The first-order valence-electron chi connectivity index (χ1n) is 9.00. The van der Waals surface area contributed by atoms with E-state index in [0.717, 1.165) is 28.3 Å². The largest absolute Gasteiger partial charge is 0.389 e. The molecule has 0 unspecified atom stereocenters. The number of aliphatic hydroxyl groups is 1. The Bertz CT molecular complexity index is 834. The molecule has 0 atom stereocenters. The molecule has 0 amide bonds. The molecule has 1 aromatic heterocycles. The van der Waals surface area contributed by atoms with Gasteiger partial charge in [-0.1, -0.05) is 60.7 Å². The van der Waals surface area contributed by atoms with Crippen molar-refractivity contribution >= 4 is 0 Å². The molecule has 26 heavy (non-hydrogen) atoms. The molecule has 2 aromatic carbocycles. The number of ether oxygens (including phenoxy) is 1. The number of rotatable bonds is 7. The molecule has 1 N–H and O–H groups in total. The summed E-state index contributed by atoms with van der Waals surface area (Å²) < 4.78 is 7.74. The lowest BCUT2D eigenvalue weighted by Gasteiger charge is -2.22. The molecular formula is C22H26N2O2. The van der Waals surface area contributed by atoms with Crippen molar-refractivity contribution in [2.24, 2.45) is 0 Å². The highest BCUT2D eigenvalue weighted by molar-refractivity contribution is 5.79. The molecule has 0 aliphatic heterocycles. The molecule has 0 saturated carbocycles. The van der Waals surface area contributed by atoms with Gasteiger partial charge in [-0.15, -0.1) is 0 Å². The smallest absolute Gasteiger partial charge is 0.136 e. The van der Waals surface area contributed by atoms with Gasteiger partial charge in [-0.2, -0.15) is 0 Å². The third-order valence-electron chi connectivity index (χ3n) is 4.12. The van der Waals surface area contributed by atoms with E-state index in [4.69, 9.17) is 9.72 Å². The summed E-state index contributed by atoms with van der Waals surface area (Å²) in [4.78, 5) is 4.91. The van der Waals surface area contributed by atoms with Gasteiger partial charge in [0, 0.05) is 17.7 Å². The van der Waals surface area contributed by atoms with E-state index in [0.29, 0.717) is 19.8 Å². The lowest BCUT2D eigenvalue weighted by molar-refractivity contribution is 0.0574. The second kappa shape index (κ2) is 7.85. The van der Waals surface area contributed by atoms with Crippen LogP contribution in [0.2, 0.25) is 0 Å². The first-order valence-corrected chi connectivity index (χ1v) is 9.00. The van der Waals surface area contributed by atoms with Gasteiger partial charge in [-0.3, -0.25) is 0 Å². The molecule has 0 radical (unpaired) electrons. The molecule has 0 aliphatic rings. The number of hydrogen-bond acceptors (Lipinski definition) is 3. The molecule has 1 heterocycles. The van der Waals surface area contributed by atoms with E-state index < -0.39 is 5.60 Å². The topological polar surface area (TPSA) is 47.3 Å². The Labute approximate surface area is 155 Å². The minimum Gasteiger partial charge on any atom is -0.389 e. The van der Waals surface area contributed by atoms with Gasteiger partial charge in [-0.05, 0) is 20.8 Å². The van der Waals surface area contributed by atoms with Gasteiger partial charge in [0.05, 0.1) is 23.5 Å². The molecule has 0 aliphatic carbocycles. The van der Waals surface area contributed by atoms with Gasteiger partial charge in [0.2, 0.25) is 0 Å². The van der Waals surface area contributed by atoms with Crippen LogP contribution < -0.4 is 0 Å². The molecule has 4 nitrogen and oxygen atoms in total. The zero-order chi connectivity index (χ0) is 18.6. The fourth-order valence-electron chi connectivity index (χ4n) is 3.05. The Balaban J connectivity index is 2.23. The van der Waals surface area contributed by atoms with Crippen LogP contribution in [0.3, 0.4) is 0 Å². The molecule has 0 saturated heterocycles. The van der Waals surface area contributed by atoms with Gasteiger partial charge < -0.3 is 14.4 Å². The normalized spacial score (nSPS) is 11.7. The molecule has 136 valence electrons. The van der Waals surface area contributed by atoms with Crippen LogP contribution in [0.15, 0.2) is 60.7 Å². The quantitative estimate of drug-likeness (QED) is 0.681. The summed E-state index contributed by atoms with van der Waals surface area (Å²) in [7, 11) is 0. The van der Waals surface area contributed by atoms with E-state index in [2.05, 4.69) is 28.8 Å². The van der Waals surface area contributed by atoms with Crippen molar-refractivity contribution in [2.75, 3.05) is 6.61 Å². The van der Waals surface area contributed by atoms with Gasteiger partial charge in [0.15, 0.2) is 0 Å². The Hall–Kier alpha value is -2.43. The van der Waals surface area contributed by atoms with Crippen LogP contribution >= 0.6 is 0 Å². The van der Waals surface area contributed by atoms with Crippen LogP contribution in [0, 0.1) is 0 Å². The highest BCUT2D eigenvalue weighted by Gasteiger charge is 2.24. The Morgan fingerprint density at radius 3 is 2.08 bits per heavy atom. The highest BCUT2D eigenvalue weighted by Crippen LogP contribution is 2.34. The summed E-state index contributed by atoms with van der Waals surface area (Å²) in [5.41, 5.74) is 3.19. The Morgan fingerprint density at radius 1 is 0.962 bits per heavy atom. The van der Waals surface area contributed by atoms with Gasteiger partial charge in [0.1, 0.15) is 12.4 Å². The third-order valence-corrected chi connectivity index (χ3v) is 4.12. The number of imidazole rings is 1. The van der Waals surface area contributed by atoms with Gasteiger partial charge in [0.25, 0.3) is 0 Å². The first kappa shape index (κ1) is 18.4. The summed E-state index contributed by atoms with van der Waals surface area (Å²) in [6.45, 7) is 7.08. The monoisotopic (exact) mass is 350 g/mol. The number of hydrogen-bond donors (Lipinski definition) is 1. The average molecular weight is 350 g/mol. The van der Waals surface area contributed by atoms with E-state index in [1.165, 1.54) is 0 Å². The van der Waals surface area contributed by atoms with Crippen LogP contribution in [0.1, 0.15) is 26.6 Å². The molecule has 0 bridgehead atoms. The van der Waals surface area contributed by atoms with Gasteiger partial charge >= 0.3 is 0 Å². The first-order chi connectivity index (χ1) is 12.5. The molecule has 4 heteroatoms. The van der Waals surface area contributed by atoms with Gasteiger partial charge in [-0.25, -0.2) is 4.98 Å². The lowest BCUT2D eigenvalue weighted by atomic mass is 10.0. The number of aromatic nitrogens is 2. The average Bonchev–Trinajstić information content (AvgIpc) is 2.98. The van der Waals surface area contributed by atoms with Crippen LogP contribution in [-0.4, -0.2) is 26.9 Å². The fourth-order valence-corrected chi connectivity index (χ4v) is 3.05. The Morgan fingerprint density at radius 2 is 1.54 bits per heavy atom. The maximum Gasteiger partial charge on any atom is 0.136 e. The zero-order valence-corrected chi connectivity index (χ0v) is 15.6. The summed E-state index contributed by atoms with van der Waals surface area (Å²) in [5.74, 6) is 0.826. The second-order valence-electron chi connectivity index (χ2n) is 6.99. The van der Waals surface area contributed by atoms with Crippen molar-refractivity contribution in [3.63, 3.8) is 0 Å². The van der Waals surface area contributed by atoms with Crippen molar-refractivity contribution in [3.8, 4) is 22.5 Å². The zero-order valence-electron chi connectivity index (χ0n) is 15.6. The van der Waals surface area contributed by atoms with Crippen LogP contribution in [0.5, 0.6) is 0 Å².